The number of benzene rings is 1. The van der Waals surface area contributed by atoms with Gasteiger partial charge in [0.05, 0.1) is 18.7 Å². The predicted molar refractivity (Wildman–Crippen MR) is 75.9 cm³/mol. The third kappa shape index (κ3) is 3.47. The van der Waals surface area contributed by atoms with Crippen molar-refractivity contribution in [2.45, 2.75) is 31.9 Å². The Labute approximate surface area is 118 Å². The van der Waals surface area contributed by atoms with Gasteiger partial charge in [0.2, 0.25) is 0 Å². The molecule has 5 heteroatoms. The number of anilines is 1. The topological polar surface area (TPSA) is 59.3 Å². The fourth-order valence-corrected chi connectivity index (χ4v) is 2.58. The number of nitriles is 1. The monoisotopic (exact) mass is 277 g/mol. The molecule has 1 aromatic rings. The van der Waals surface area contributed by atoms with E-state index in [-0.39, 0.29) is 24.5 Å². The molecule has 1 aliphatic heterocycles. The number of aliphatic hydroxyl groups excluding tert-OH is 1. The van der Waals surface area contributed by atoms with E-state index < -0.39 is 0 Å². The van der Waals surface area contributed by atoms with Crippen LogP contribution in [-0.4, -0.2) is 30.8 Å². The minimum absolute atomic E-state index is 0.0906. The van der Waals surface area contributed by atoms with Crippen LogP contribution < -0.4 is 10.2 Å². The first-order valence-corrected chi connectivity index (χ1v) is 6.94. The van der Waals surface area contributed by atoms with Crippen LogP contribution in [0.3, 0.4) is 0 Å². The quantitative estimate of drug-likeness (QED) is 0.826. The molecule has 108 valence electrons. The van der Waals surface area contributed by atoms with E-state index in [1.807, 2.05) is 13.0 Å². The van der Waals surface area contributed by atoms with Gasteiger partial charge in [0.1, 0.15) is 5.82 Å². The zero-order valence-corrected chi connectivity index (χ0v) is 11.6. The van der Waals surface area contributed by atoms with Crippen LogP contribution in [0.25, 0.3) is 0 Å². The standard InChI is InChI=1S/C15H20FN3O/c1-11(18-7-6-17)14-10-12(16)2-3-15(14)19-8-4-13(20)5-9-19/h2-3,10-11,13,18,20H,4-5,7-9H2,1H3. The molecular formula is C15H20FN3O. The minimum atomic E-state index is -0.272. The summed E-state index contributed by atoms with van der Waals surface area (Å²) >= 11 is 0. The molecule has 0 aliphatic carbocycles. The highest BCUT2D eigenvalue weighted by atomic mass is 19.1. The summed E-state index contributed by atoms with van der Waals surface area (Å²) in [6.07, 6.45) is 1.23. The Balaban J connectivity index is 2.21. The van der Waals surface area contributed by atoms with Gasteiger partial charge in [0, 0.05) is 24.8 Å². The Hall–Kier alpha value is -1.64. The van der Waals surface area contributed by atoms with E-state index in [1.165, 1.54) is 12.1 Å². The maximum absolute atomic E-state index is 13.5. The van der Waals surface area contributed by atoms with Gasteiger partial charge in [0.15, 0.2) is 0 Å². The number of hydrogen-bond donors (Lipinski definition) is 2. The summed E-state index contributed by atoms with van der Waals surface area (Å²) in [7, 11) is 0. The molecule has 1 heterocycles. The van der Waals surface area contributed by atoms with Crippen molar-refractivity contribution in [3.8, 4) is 6.07 Å². The Morgan fingerprint density at radius 3 is 2.85 bits per heavy atom. The molecule has 20 heavy (non-hydrogen) atoms. The molecule has 0 amide bonds. The molecule has 0 saturated carbocycles. The van der Waals surface area contributed by atoms with E-state index in [1.54, 1.807) is 6.07 Å². The lowest BCUT2D eigenvalue weighted by Crippen LogP contribution is -2.37. The number of halogens is 1. The van der Waals surface area contributed by atoms with E-state index in [0.29, 0.717) is 0 Å². The van der Waals surface area contributed by atoms with Crippen molar-refractivity contribution in [2.75, 3.05) is 24.5 Å². The van der Waals surface area contributed by atoms with Crippen molar-refractivity contribution in [2.24, 2.45) is 0 Å². The van der Waals surface area contributed by atoms with Crippen LogP contribution >= 0.6 is 0 Å². The van der Waals surface area contributed by atoms with Crippen LogP contribution in [-0.2, 0) is 0 Å². The molecular weight excluding hydrogens is 257 g/mol. The maximum Gasteiger partial charge on any atom is 0.123 e. The van der Waals surface area contributed by atoms with Crippen molar-refractivity contribution in [3.63, 3.8) is 0 Å². The molecule has 0 bridgehead atoms. The highest BCUT2D eigenvalue weighted by Gasteiger charge is 2.21. The molecule has 2 rings (SSSR count). The van der Waals surface area contributed by atoms with Crippen molar-refractivity contribution < 1.29 is 9.50 Å². The second-order valence-corrected chi connectivity index (χ2v) is 5.18. The molecule has 0 spiro atoms. The van der Waals surface area contributed by atoms with E-state index in [4.69, 9.17) is 5.26 Å². The summed E-state index contributed by atoms with van der Waals surface area (Å²) < 4.78 is 13.5. The fraction of sp³-hybridized carbons (Fsp3) is 0.533. The van der Waals surface area contributed by atoms with E-state index in [2.05, 4.69) is 10.2 Å². The lowest BCUT2D eigenvalue weighted by molar-refractivity contribution is 0.145. The van der Waals surface area contributed by atoms with Gasteiger partial charge in [-0.2, -0.15) is 5.26 Å². The van der Waals surface area contributed by atoms with Crippen molar-refractivity contribution >= 4 is 5.69 Å². The second-order valence-electron chi connectivity index (χ2n) is 5.18. The predicted octanol–water partition coefficient (Wildman–Crippen LogP) is 1.96. The summed E-state index contributed by atoms with van der Waals surface area (Å²) in [5.41, 5.74) is 1.84. The molecule has 1 fully saturated rings. The molecule has 0 radical (unpaired) electrons. The van der Waals surface area contributed by atoms with Gasteiger partial charge >= 0.3 is 0 Å². The van der Waals surface area contributed by atoms with Gasteiger partial charge in [-0.1, -0.05) is 0 Å². The summed E-state index contributed by atoms with van der Waals surface area (Å²) in [6, 6.07) is 6.71. The molecule has 1 atom stereocenters. The van der Waals surface area contributed by atoms with Crippen molar-refractivity contribution in [1.29, 1.82) is 5.26 Å². The van der Waals surface area contributed by atoms with Gasteiger partial charge in [-0.05, 0) is 43.5 Å². The number of aliphatic hydroxyl groups is 1. The van der Waals surface area contributed by atoms with Crippen molar-refractivity contribution in [3.05, 3.63) is 29.6 Å². The average Bonchev–Trinajstić information content (AvgIpc) is 2.46. The van der Waals surface area contributed by atoms with Gasteiger partial charge in [-0.3, -0.25) is 5.32 Å². The van der Waals surface area contributed by atoms with Crippen LogP contribution in [0.2, 0.25) is 0 Å². The Bertz CT molecular complexity index is 492. The normalized spacial score (nSPS) is 17.8. The van der Waals surface area contributed by atoms with Gasteiger partial charge in [0.25, 0.3) is 0 Å². The third-order valence-corrected chi connectivity index (χ3v) is 3.75. The van der Waals surface area contributed by atoms with Crippen molar-refractivity contribution in [1.82, 2.24) is 5.32 Å². The average molecular weight is 277 g/mol. The molecule has 0 aromatic heterocycles. The summed E-state index contributed by atoms with van der Waals surface area (Å²) in [6.45, 7) is 3.69. The van der Waals surface area contributed by atoms with E-state index >= 15 is 0 Å². The molecule has 4 nitrogen and oxygen atoms in total. The van der Waals surface area contributed by atoms with Gasteiger partial charge in [-0.25, -0.2) is 4.39 Å². The van der Waals surface area contributed by atoms with Crippen LogP contribution in [0, 0.1) is 17.1 Å². The minimum Gasteiger partial charge on any atom is -0.393 e. The number of nitrogens with zero attached hydrogens (tertiary/aromatic N) is 2. The Kier molecular flexibility index (Phi) is 4.94. The van der Waals surface area contributed by atoms with E-state index in [0.717, 1.165) is 37.2 Å². The lowest BCUT2D eigenvalue weighted by atomic mass is 10.0. The maximum atomic E-state index is 13.5. The highest BCUT2D eigenvalue weighted by Crippen LogP contribution is 2.29. The number of piperidine rings is 1. The van der Waals surface area contributed by atoms with Crippen LogP contribution in [0.1, 0.15) is 31.4 Å². The largest absolute Gasteiger partial charge is 0.393 e. The first kappa shape index (κ1) is 14.8. The number of hydrogen-bond acceptors (Lipinski definition) is 4. The zero-order valence-electron chi connectivity index (χ0n) is 11.6. The summed E-state index contributed by atoms with van der Waals surface area (Å²) in [4.78, 5) is 2.17. The van der Waals surface area contributed by atoms with Crippen LogP contribution in [0.4, 0.5) is 10.1 Å². The third-order valence-electron chi connectivity index (χ3n) is 3.75. The van der Waals surface area contributed by atoms with Gasteiger partial charge in [-0.15, -0.1) is 0 Å². The molecule has 2 N–H and O–H groups in total. The zero-order chi connectivity index (χ0) is 14.5. The van der Waals surface area contributed by atoms with Gasteiger partial charge < -0.3 is 10.0 Å². The summed E-state index contributed by atoms with van der Waals surface area (Å²) in [5, 5.41) is 21.3. The number of rotatable bonds is 4. The lowest BCUT2D eigenvalue weighted by Gasteiger charge is -2.34. The van der Waals surface area contributed by atoms with E-state index in [9.17, 15) is 9.50 Å². The number of nitrogens with one attached hydrogen (secondary N) is 1. The molecule has 1 aliphatic rings. The molecule has 1 aromatic carbocycles. The smallest absolute Gasteiger partial charge is 0.123 e. The first-order valence-electron chi connectivity index (χ1n) is 6.94. The summed E-state index contributed by atoms with van der Waals surface area (Å²) in [5.74, 6) is -0.272. The van der Waals surface area contributed by atoms with Crippen LogP contribution in [0.5, 0.6) is 0 Å². The first-order chi connectivity index (χ1) is 9.61. The fourth-order valence-electron chi connectivity index (χ4n) is 2.58. The highest BCUT2D eigenvalue weighted by molar-refractivity contribution is 5.55. The second kappa shape index (κ2) is 6.69. The molecule has 1 saturated heterocycles. The Morgan fingerprint density at radius 1 is 1.50 bits per heavy atom. The van der Waals surface area contributed by atoms with Crippen LogP contribution in [0.15, 0.2) is 18.2 Å². The SMILES string of the molecule is CC(NCC#N)c1cc(F)ccc1N1CCC(O)CC1. The molecule has 1 unspecified atom stereocenters. The Morgan fingerprint density at radius 2 is 2.20 bits per heavy atom.